The predicted molar refractivity (Wildman–Crippen MR) is 54.0 cm³/mol. The van der Waals surface area contributed by atoms with Crippen molar-refractivity contribution < 1.29 is 9.53 Å². The summed E-state index contributed by atoms with van der Waals surface area (Å²) < 4.78 is 5.53. The molecule has 0 aromatic heterocycles. The van der Waals surface area contributed by atoms with Crippen LogP contribution in [0, 0.1) is 0 Å². The molecule has 0 aromatic carbocycles. The number of carbonyl (C=O) groups excluding carboxylic acids is 1. The number of rotatable bonds is 3. The molecule has 0 spiro atoms. The fraction of sp³-hybridized carbons (Fsp3) is 0.778. The lowest BCUT2D eigenvalue weighted by atomic mass is 10.0. The summed E-state index contributed by atoms with van der Waals surface area (Å²) in [5.41, 5.74) is 8.13. The zero-order valence-electron chi connectivity index (χ0n) is 8.45. The van der Waals surface area contributed by atoms with Gasteiger partial charge in [-0.05, 0) is 6.42 Å². The van der Waals surface area contributed by atoms with E-state index in [1.807, 2.05) is 0 Å². The predicted octanol–water partition coefficient (Wildman–Crippen LogP) is 0.990. The molecule has 0 saturated carbocycles. The van der Waals surface area contributed by atoms with Crippen LogP contribution in [0.15, 0.2) is 5.10 Å². The Morgan fingerprint density at radius 1 is 1.79 bits per heavy atom. The van der Waals surface area contributed by atoms with Gasteiger partial charge in [0.1, 0.15) is 0 Å². The van der Waals surface area contributed by atoms with Crippen molar-refractivity contribution in [3.05, 3.63) is 0 Å². The smallest absolute Gasteiger partial charge is 0.332 e. The van der Waals surface area contributed by atoms with Gasteiger partial charge < -0.3 is 10.5 Å². The maximum Gasteiger partial charge on any atom is 0.332 e. The highest BCUT2D eigenvalue weighted by molar-refractivity contribution is 5.86. The number of primary amides is 1. The summed E-state index contributed by atoms with van der Waals surface area (Å²) in [6, 6.07) is -0.615. The molecule has 1 saturated heterocycles. The monoisotopic (exact) mass is 199 g/mol. The Balaban J connectivity index is 2.38. The van der Waals surface area contributed by atoms with Gasteiger partial charge in [0.25, 0.3) is 0 Å². The zero-order valence-corrected chi connectivity index (χ0v) is 8.45. The molecule has 0 aliphatic carbocycles. The van der Waals surface area contributed by atoms with Gasteiger partial charge in [0.2, 0.25) is 0 Å². The second kappa shape index (κ2) is 5.59. The molecule has 1 aliphatic heterocycles. The molecule has 1 heterocycles. The maximum absolute atomic E-state index is 10.4. The molecule has 1 atom stereocenters. The number of nitrogens with one attached hydrogen (secondary N) is 1. The molecular weight excluding hydrogens is 182 g/mol. The molecule has 1 unspecified atom stereocenters. The minimum atomic E-state index is -0.615. The highest BCUT2D eigenvalue weighted by Gasteiger charge is 2.17. The number of amides is 2. The first-order chi connectivity index (χ1) is 6.72. The Labute approximate surface area is 83.7 Å². The van der Waals surface area contributed by atoms with E-state index in [1.165, 1.54) is 0 Å². The Bertz CT molecular complexity index is 226. The number of carbonyl (C=O) groups is 1. The van der Waals surface area contributed by atoms with Gasteiger partial charge >= 0.3 is 6.03 Å². The third-order valence-electron chi connectivity index (χ3n) is 2.14. The summed E-state index contributed by atoms with van der Waals surface area (Å²) >= 11 is 0. The summed E-state index contributed by atoms with van der Waals surface area (Å²) in [6.45, 7) is 2.81. The summed E-state index contributed by atoms with van der Waals surface area (Å²) in [7, 11) is 0. The van der Waals surface area contributed by atoms with E-state index in [0.717, 1.165) is 31.4 Å². The van der Waals surface area contributed by atoms with Crippen LogP contribution >= 0.6 is 0 Å². The zero-order chi connectivity index (χ0) is 10.4. The largest absolute Gasteiger partial charge is 0.377 e. The second-order valence-corrected chi connectivity index (χ2v) is 3.39. The number of hydrogen-bond acceptors (Lipinski definition) is 3. The van der Waals surface area contributed by atoms with Crippen LogP contribution in [-0.4, -0.2) is 24.5 Å². The van der Waals surface area contributed by atoms with Gasteiger partial charge in [0, 0.05) is 18.6 Å². The quantitative estimate of drug-likeness (QED) is 0.665. The van der Waals surface area contributed by atoms with Crippen LogP contribution in [0.3, 0.4) is 0 Å². The number of nitrogens with zero attached hydrogens (tertiary/aromatic N) is 1. The van der Waals surface area contributed by atoms with Gasteiger partial charge in [-0.15, -0.1) is 0 Å². The third-order valence-corrected chi connectivity index (χ3v) is 2.14. The van der Waals surface area contributed by atoms with Crippen LogP contribution in [0.25, 0.3) is 0 Å². The number of hydrazone groups is 1. The first-order valence-corrected chi connectivity index (χ1v) is 4.95. The van der Waals surface area contributed by atoms with Gasteiger partial charge in [-0.3, -0.25) is 0 Å². The summed E-state index contributed by atoms with van der Waals surface area (Å²) in [5.74, 6) is 0. The van der Waals surface area contributed by atoms with Crippen LogP contribution in [0.1, 0.15) is 32.6 Å². The van der Waals surface area contributed by atoms with E-state index in [1.54, 1.807) is 0 Å². The van der Waals surface area contributed by atoms with E-state index >= 15 is 0 Å². The van der Waals surface area contributed by atoms with Gasteiger partial charge in [0.15, 0.2) is 0 Å². The van der Waals surface area contributed by atoms with Crippen molar-refractivity contribution in [1.29, 1.82) is 0 Å². The standard InChI is InChI=1S/C9H17N3O2/c1-2-3-8-6-7(4-5-14-8)11-12-9(10)13/h8H,2-6H2,1H3,(H3,10,12,13)/b11-7-. The normalized spacial score (nSPS) is 24.9. The summed E-state index contributed by atoms with van der Waals surface area (Å²) in [5, 5.41) is 3.93. The molecule has 1 fully saturated rings. The van der Waals surface area contributed by atoms with Gasteiger partial charge in [-0.1, -0.05) is 13.3 Å². The summed E-state index contributed by atoms with van der Waals surface area (Å²) in [4.78, 5) is 10.4. The van der Waals surface area contributed by atoms with Crippen molar-refractivity contribution in [2.45, 2.75) is 38.7 Å². The average molecular weight is 199 g/mol. The highest BCUT2D eigenvalue weighted by Crippen LogP contribution is 2.15. The van der Waals surface area contributed by atoms with Gasteiger partial charge in [0.05, 0.1) is 12.7 Å². The van der Waals surface area contributed by atoms with Gasteiger partial charge in [-0.2, -0.15) is 5.10 Å². The highest BCUT2D eigenvalue weighted by atomic mass is 16.5. The van der Waals surface area contributed by atoms with Crippen molar-refractivity contribution in [3.63, 3.8) is 0 Å². The number of urea groups is 1. The Kier molecular flexibility index (Phi) is 4.39. The Morgan fingerprint density at radius 2 is 2.57 bits per heavy atom. The van der Waals surface area contributed by atoms with E-state index in [2.05, 4.69) is 17.5 Å². The fourth-order valence-electron chi connectivity index (χ4n) is 1.51. The molecule has 2 amide bonds. The SMILES string of the molecule is CCCC1C/C(=N\NC(N)=O)CCO1. The van der Waals surface area contributed by atoms with Crippen LogP contribution in [0.2, 0.25) is 0 Å². The first-order valence-electron chi connectivity index (χ1n) is 4.95. The average Bonchev–Trinajstić information content (AvgIpc) is 2.16. The van der Waals surface area contributed by atoms with Crippen molar-refractivity contribution >= 4 is 11.7 Å². The minimum absolute atomic E-state index is 0.252. The molecule has 0 radical (unpaired) electrons. The van der Waals surface area contributed by atoms with Crippen LogP contribution < -0.4 is 11.2 Å². The number of nitrogens with two attached hydrogens (primary N) is 1. The summed E-state index contributed by atoms with van der Waals surface area (Å²) in [6.07, 6.45) is 3.97. The van der Waals surface area contributed by atoms with Crippen LogP contribution in [-0.2, 0) is 4.74 Å². The van der Waals surface area contributed by atoms with Crippen molar-refractivity contribution in [2.75, 3.05) is 6.61 Å². The van der Waals surface area contributed by atoms with E-state index in [-0.39, 0.29) is 6.10 Å². The van der Waals surface area contributed by atoms with Crippen LogP contribution in [0.4, 0.5) is 4.79 Å². The van der Waals surface area contributed by atoms with Crippen molar-refractivity contribution in [3.8, 4) is 0 Å². The Morgan fingerprint density at radius 3 is 3.21 bits per heavy atom. The fourth-order valence-corrected chi connectivity index (χ4v) is 1.51. The molecule has 0 aromatic rings. The first kappa shape index (κ1) is 11.0. The molecule has 1 aliphatic rings. The maximum atomic E-state index is 10.4. The van der Waals surface area contributed by atoms with E-state index in [9.17, 15) is 4.79 Å². The molecule has 1 rings (SSSR count). The number of hydrogen-bond donors (Lipinski definition) is 2. The molecule has 5 nitrogen and oxygen atoms in total. The molecule has 14 heavy (non-hydrogen) atoms. The second-order valence-electron chi connectivity index (χ2n) is 3.39. The lowest BCUT2D eigenvalue weighted by molar-refractivity contribution is 0.0440. The number of ether oxygens (including phenoxy) is 1. The third kappa shape index (κ3) is 3.74. The topological polar surface area (TPSA) is 76.7 Å². The lowest BCUT2D eigenvalue weighted by Crippen LogP contribution is -2.30. The molecular formula is C9H17N3O2. The van der Waals surface area contributed by atoms with Crippen molar-refractivity contribution in [1.82, 2.24) is 5.43 Å². The lowest BCUT2D eigenvalue weighted by Gasteiger charge is -2.23. The van der Waals surface area contributed by atoms with E-state index in [4.69, 9.17) is 10.5 Å². The van der Waals surface area contributed by atoms with E-state index in [0.29, 0.717) is 6.61 Å². The molecule has 0 bridgehead atoms. The molecule has 3 N–H and O–H groups in total. The Hall–Kier alpha value is -1.10. The van der Waals surface area contributed by atoms with Crippen molar-refractivity contribution in [2.24, 2.45) is 10.8 Å². The van der Waals surface area contributed by atoms with Crippen LogP contribution in [0.5, 0.6) is 0 Å². The molecule has 80 valence electrons. The molecule has 5 heteroatoms. The minimum Gasteiger partial charge on any atom is -0.377 e. The van der Waals surface area contributed by atoms with E-state index < -0.39 is 6.03 Å². The van der Waals surface area contributed by atoms with Gasteiger partial charge in [-0.25, -0.2) is 10.2 Å².